The molecule has 0 radical (unpaired) electrons. The first-order chi connectivity index (χ1) is 13.3. The van der Waals surface area contributed by atoms with Crippen LogP contribution < -0.4 is 0 Å². The van der Waals surface area contributed by atoms with Crippen molar-refractivity contribution in [3.63, 3.8) is 0 Å². The summed E-state index contributed by atoms with van der Waals surface area (Å²) < 4.78 is 0. The molecule has 0 aliphatic heterocycles. The lowest BCUT2D eigenvalue weighted by molar-refractivity contribution is -0.128. The van der Waals surface area contributed by atoms with Gasteiger partial charge in [-0.1, -0.05) is 30.7 Å². The second-order valence-electron chi connectivity index (χ2n) is 8.74. The lowest BCUT2D eigenvalue weighted by Gasteiger charge is -2.19. The third kappa shape index (κ3) is 6.22. The first-order valence-corrected chi connectivity index (χ1v) is 10.7. The maximum atomic E-state index is 11.7. The zero-order chi connectivity index (χ0) is 20.7. The molecule has 1 amide bonds. The molecule has 1 unspecified atom stereocenters. The number of allylic oxidation sites excluding steroid dienone is 2. The molecule has 0 saturated heterocycles. The highest BCUT2D eigenvalue weighted by molar-refractivity contribution is 5.75. The molecule has 2 aliphatic rings. The van der Waals surface area contributed by atoms with E-state index in [1.165, 1.54) is 5.57 Å². The van der Waals surface area contributed by atoms with Gasteiger partial charge in [-0.3, -0.25) is 4.79 Å². The van der Waals surface area contributed by atoms with E-state index in [1.54, 1.807) is 19.0 Å². The van der Waals surface area contributed by atoms with Crippen LogP contribution in [0, 0.1) is 35.5 Å². The van der Waals surface area contributed by atoms with Crippen LogP contribution in [0.3, 0.4) is 0 Å². The Hall–Kier alpha value is -1.57. The van der Waals surface area contributed by atoms with Gasteiger partial charge in [-0.15, -0.1) is 11.8 Å². The summed E-state index contributed by atoms with van der Waals surface area (Å²) >= 11 is 0. The fourth-order valence-electron chi connectivity index (χ4n) is 4.54. The molecule has 2 aliphatic carbocycles. The molecule has 2 saturated carbocycles. The predicted molar refractivity (Wildman–Crippen MR) is 113 cm³/mol. The summed E-state index contributed by atoms with van der Waals surface area (Å²) in [6.07, 6.45) is 11.5. The van der Waals surface area contributed by atoms with E-state index >= 15 is 0 Å². The highest BCUT2D eigenvalue weighted by atomic mass is 16.3. The van der Waals surface area contributed by atoms with Gasteiger partial charge in [-0.2, -0.15) is 0 Å². The topological polar surface area (TPSA) is 60.8 Å². The Balaban J connectivity index is 1.86. The van der Waals surface area contributed by atoms with Crippen molar-refractivity contribution in [2.24, 2.45) is 23.7 Å². The number of aliphatic hydroxyl groups is 2. The summed E-state index contributed by atoms with van der Waals surface area (Å²) in [6.45, 7) is 3.82. The molecule has 0 aromatic carbocycles. The molecular weight excluding hydrogens is 350 g/mol. The molecule has 156 valence electrons. The van der Waals surface area contributed by atoms with Crippen molar-refractivity contribution in [3.8, 4) is 11.8 Å². The van der Waals surface area contributed by atoms with Crippen molar-refractivity contribution in [3.05, 3.63) is 23.8 Å². The fraction of sp³-hybridized carbons (Fsp3) is 0.708. The smallest absolute Gasteiger partial charge is 0.222 e. The molecular formula is C24H37NO3. The summed E-state index contributed by atoms with van der Waals surface area (Å²) in [4.78, 5) is 13.3. The molecule has 6 atom stereocenters. The number of carbonyl (C=O) groups is 1. The van der Waals surface area contributed by atoms with Gasteiger partial charge in [-0.25, -0.2) is 0 Å². The summed E-state index contributed by atoms with van der Waals surface area (Å²) in [5, 5.41) is 20.8. The molecule has 0 bridgehead atoms. The monoisotopic (exact) mass is 387 g/mol. The average Bonchev–Trinajstić information content (AvgIpc) is 3.17. The third-order valence-electron chi connectivity index (χ3n) is 6.35. The molecule has 2 N–H and O–H groups in total. The lowest BCUT2D eigenvalue weighted by Crippen LogP contribution is -2.20. The highest BCUT2D eigenvalue weighted by Gasteiger charge is 2.44. The SMILES string of the molecule is CC#CCC(C)[C@H](O)C=C[C@@H]1[C@H]2CC(=CCCCC(=O)N(C)C)C[C@H]2C[C@H]1O. The van der Waals surface area contributed by atoms with E-state index in [9.17, 15) is 15.0 Å². The van der Waals surface area contributed by atoms with E-state index < -0.39 is 6.10 Å². The van der Waals surface area contributed by atoms with E-state index in [1.807, 2.05) is 19.9 Å². The number of unbranched alkanes of at least 4 members (excludes halogenated alkanes) is 1. The van der Waals surface area contributed by atoms with Crippen LogP contribution in [0.1, 0.15) is 58.8 Å². The maximum Gasteiger partial charge on any atom is 0.222 e. The summed E-state index contributed by atoms with van der Waals surface area (Å²) in [5.41, 5.74) is 1.48. The van der Waals surface area contributed by atoms with Crippen LogP contribution in [0.5, 0.6) is 0 Å². The Bertz CT molecular complexity index is 640. The van der Waals surface area contributed by atoms with E-state index in [2.05, 4.69) is 24.0 Å². The largest absolute Gasteiger partial charge is 0.392 e. The van der Waals surface area contributed by atoms with Gasteiger partial charge in [0.2, 0.25) is 5.91 Å². The van der Waals surface area contributed by atoms with E-state index in [0.717, 1.165) is 32.1 Å². The molecule has 0 spiro atoms. The Kier molecular flexibility index (Phi) is 8.79. The Labute approximate surface area is 170 Å². The predicted octanol–water partition coefficient (Wildman–Crippen LogP) is 3.54. The van der Waals surface area contributed by atoms with E-state index in [4.69, 9.17) is 0 Å². The molecule has 4 nitrogen and oxygen atoms in total. The zero-order valence-corrected chi connectivity index (χ0v) is 17.9. The summed E-state index contributed by atoms with van der Waals surface area (Å²) in [5.74, 6) is 7.32. The Morgan fingerprint density at radius 3 is 2.79 bits per heavy atom. The minimum Gasteiger partial charge on any atom is -0.392 e. The van der Waals surface area contributed by atoms with Gasteiger partial charge < -0.3 is 15.1 Å². The van der Waals surface area contributed by atoms with Crippen LogP contribution in [0.2, 0.25) is 0 Å². The van der Waals surface area contributed by atoms with Gasteiger partial charge in [0, 0.05) is 32.9 Å². The van der Waals surface area contributed by atoms with Crippen molar-refractivity contribution in [2.45, 2.75) is 71.0 Å². The van der Waals surface area contributed by atoms with E-state index in [0.29, 0.717) is 24.7 Å². The Morgan fingerprint density at radius 2 is 2.11 bits per heavy atom. The molecule has 2 rings (SSSR count). The van der Waals surface area contributed by atoms with Crippen LogP contribution in [0.4, 0.5) is 0 Å². The van der Waals surface area contributed by atoms with Gasteiger partial charge in [0.15, 0.2) is 0 Å². The number of fused-ring (bicyclic) bond motifs is 1. The molecule has 2 fully saturated rings. The van der Waals surface area contributed by atoms with Crippen molar-refractivity contribution >= 4 is 5.91 Å². The zero-order valence-electron chi connectivity index (χ0n) is 17.9. The van der Waals surface area contributed by atoms with Crippen LogP contribution >= 0.6 is 0 Å². The summed E-state index contributed by atoms with van der Waals surface area (Å²) in [6, 6.07) is 0. The molecule has 0 aromatic rings. The lowest BCUT2D eigenvalue weighted by atomic mass is 9.89. The van der Waals surface area contributed by atoms with Gasteiger partial charge in [0.1, 0.15) is 0 Å². The van der Waals surface area contributed by atoms with Crippen LogP contribution in [0.25, 0.3) is 0 Å². The minimum absolute atomic E-state index is 0.0990. The molecule has 4 heteroatoms. The second kappa shape index (κ2) is 10.8. The first kappa shape index (κ1) is 22.7. The first-order valence-electron chi connectivity index (χ1n) is 10.7. The van der Waals surface area contributed by atoms with Crippen LogP contribution in [-0.4, -0.2) is 47.3 Å². The van der Waals surface area contributed by atoms with Crippen molar-refractivity contribution in [1.29, 1.82) is 0 Å². The number of nitrogens with zero attached hydrogens (tertiary/aromatic N) is 1. The standard InChI is InChI=1S/C24H37NO3/c1-5-6-9-17(2)22(26)13-12-20-21-15-18(14-19(21)16-23(20)27)10-7-8-11-24(28)25(3)4/h10,12-13,17,19-23,26-27H,7-9,11,14-16H2,1-4H3/t17?,19-,20+,21-,22+,23+/m0/s1. The fourth-order valence-corrected chi connectivity index (χ4v) is 4.54. The number of hydrogen-bond acceptors (Lipinski definition) is 3. The van der Waals surface area contributed by atoms with Gasteiger partial charge >= 0.3 is 0 Å². The number of rotatable bonds is 8. The minimum atomic E-state index is -0.516. The molecule has 0 aromatic heterocycles. The van der Waals surface area contributed by atoms with E-state index in [-0.39, 0.29) is 23.8 Å². The van der Waals surface area contributed by atoms with Gasteiger partial charge in [-0.05, 0) is 56.8 Å². The van der Waals surface area contributed by atoms with Crippen LogP contribution in [-0.2, 0) is 4.79 Å². The van der Waals surface area contributed by atoms with Crippen molar-refractivity contribution in [1.82, 2.24) is 4.90 Å². The third-order valence-corrected chi connectivity index (χ3v) is 6.35. The van der Waals surface area contributed by atoms with Gasteiger partial charge in [0.25, 0.3) is 0 Å². The average molecular weight is 388 g/mol. The van der Waals surface area contributed by atoms with Crippen molar-refractivity contribution in [2.75, 3.05) is 14.1 Å². The second-order valence-corrected chi connectivity index (χ2v) is 8.74. The highest BCUT2D eigenvalue weighted by Crippen LogP contribution is 2.50. The van der Waals surface area contributed by atoms with Gasteiger partial charge in [0.05, 0.1) is 12.2 Å². The Morgan fingerprint density at radius 1 is 1.36 bits per heavy atom. The normalized spacial score (nSPS) is 30.1. The molecule has 28 heavy (non-hydrogen) atoms. The number of amides is 1. The van der Waals surface area contributed by atoms with Crippen molar-refractivity contribution < 1.29 is 15.0 Å². The quantitative estimate of drug-likeness (QED) is 0.380. The summed E-state index contributed by atoms with van der Waals surface area (Å²) in [7, 11) is 3.60. The molecule has 0 heterocycles. The maximum absolute atomic E-state index is 11.7. The number of hydrogen-bond donors (Lipinski definition) is 2. The number of aliphatic hydroxyl groups excluding tert-OH is 2. The number of carbonyl (C=O) groups excluding carboxylic acids is 1. The van der Waals surface area contributed by atoms with Crippen LogP contribution in [0.15, 0.2) is 23.8 Å².